The number of benzene rings is 1. The first-order valence-corrected chi connectivity index (χ1v) is 7.60. The largest absolute Gasteiger partial charge is 0.351 e. The summed E-state index contributed by atoms with van der Waals surface area (Å²) in [6.45, 7) is 0.905. The van der Waals surface area contributed by atoms with Crippen molar-refractivity contribution in [3.8, 4) is 0 Å². The summed E-state index contributed by atoms with van der Waals surface area (Å²) in [6, 6.07) is 8.16. The molecule has 3 N–H and O–H groups in total. The van der Waals surface area contributed by atoms with E-state index in [1.54, 1.807) is 0 Å². The van der Waals surface area contributed by atoms with Gasteiger partial charge in [-0.25, -0.2) is 0 Å². The lowest BCUT2D eigenvalue weighted by Gasteiger charge is -2.08. The number of hydrogen-bond acceptors (Lipinski definition) is 3. The van der Waals surface area contributed by atoms with Gasteiger partial charge in [0.15, 0.2) is 0 Å². The van der Waals surface area contributed by atoms with E-state index in [1.807, 2.05) is 24.3 Å². The molecule has 0 radical (unpaired) electrons. The molecule has 0 atom stereocenters. The fraction of sp³-hybridized carbons (Fsp3) is 0.500. The van der Waals surface area contributed by atoms with Gasteiger partial charge in [0.1, 0.15) is 0 Å². The molecule has 21 heavy (non-hydrogen) atoms. The summed E-state index contributed by atoms with van der Waals surface area (Å²) in [7, 11) is 0. The van der Waals surface area contributed by atoms with Gasteiger partial charge >= 0.3 is 0 Å². The molecule has 2 saturated carbocycles. The first-order chi connectivity index (χ1) is 10.2. The van der Waals surface area contributed by atoms with Crippen molar-refractivity contribution in [1.82, 2.24) is 10.6 Å². The third-order valence-electron chi connectivity index (χ3n) is 3.79. The fourth-order valence-corrected chi connectivity index (χ4v) is 2.08. The number of hydrogen-bond donors (Lipinski definition) is 3. The van der Waals surface area contributed by atoms with Crippen LogP contribution in [0, 0.1) is 5.92 Å². The molecule has 0 heterocycles. The minimum absolute atomic E-state index is 0.0213. The summed E-state index contributed by atoms with van der Waals surface area (Å²) in [5.41, 5.74) is 1.84. The molecule has 2 fully saturated rings. The zero-order valence-corrected chi connectivity index (χ0v) is 12.0. The van der Waals surface area contributed by atoms with Crippen LogP contribution in [0.3, 0.4) is 0 Å². The molecular weight excluding hydrogens is 266 g/mol. The van der Waals surface area contributed by atoms with Crippen LogP contribution in [0.25, 0.3) is 0 Å². The third kappa shape index (κ3) is 4.56. The number of anilines is 1. The van der Waals surface area contributed by atoms with Gasteiger partial charge in [0, 0.05) is 24.2 Å². The van der Waals surface area contributed by atoms with Crippen molar-refractivity contribution >= 4 is 17.5 Å². The normalized spacial score (nSPS) is 17.3. The molecular formula is C16H21N3O2. The molecule has 5 nitrogen and oxygen atoms in total. The second-order valence-corrected chi connectivity index (χ2v) is 5.89. The maximum Gasteiger partial charge on any atom is 0.234 e. The highest BCUT2D eigenvalue weighted by Crippen LogP contribution is 2.30. The second-order valence-electron chi connectivity index (χ2n) is 5.89. The molecule has 0 aliphatic heterocycles. The molecule has 112 valence electrons. The van der Waals surface area contributed by atoms with Crippen molar-refractivity contribution in [1.29, 1.82) is 0 Å². The first-order valence-electron chi connectivity index (χ1n) is 7.60. The molecule has 2 aliphatic rings. The van der Waals surface area contributed by atoms with Gasteiger partial charge in [-0.2, -0.15) is 0 Å². The van der Waals surface area contributed by atoms with Crippen LogP contribution in [0.2, 0.25) is 0 Å². The number of carbonyl (C=O) groups is 2. The summed E-state index contributed by atoms with van der Waals surface area (Å²) in [4.78, 5) is 23.2. The summed E-state index contributed by atoms with van der Waals surface area (Å²) >= 11 is 0. The monoisotopic (exact) mass is 287 g/mol. The summed E-state index contributed by atoms with van der Waals surface area (Å²) in [5, 5.41) is 8.96. The Labute approximate surface area is 124 Å². The maximum absolute atomic E-state index is 11.6. The molecule has 1 aromatic rings. The zero-order chi connectivity index (χ0) is 14.7. The van der Waals surface area contributed by atoms with E-state index in [0.717, 1.165) is 24.1 Å². The fourth-order valence-electron chi connectivity index (χ4n) is 2.08. The summed E-state index contributed by atoms with van der Waals surface area (Å²) in [5.74, 6) is 0.346. The smallest absolute Gasteiger partial charge is 0.234 e. The van der Waals surface area contributed by atoms with E-state index >= 15 is 0 Å². The van der Waals surface area contributed by atoms with E-state index in [-0.39, 0.29) is 17.7 Å². The molecule has 0 saturated heterocycles. The average molecular weight is 287 g/mol. The van der Waals surface area contributed by atoms with Gasteiger partial charge < -0.3 is 16.0 Å². The van der Waals surface area contributed by atoms with Crippen molar-refractivity contribution in [2.75, 3.05) is 11.9 Å². The van der Waals surface area contributed by atoms with E-state index in [2.05, 4.69) is 16.0 Å². The van der Waals surface area contributed by atoms with Crippen LogP contribution >= 0.6 is 0 Å². The second kappa shape index (κ2) is 6.26. The van der Waals surface area contributed by atoms with E-state index in [0.29, 0.717) is 19.1 Å². The predicted molar refractivity (Wildman–Crippen MR) is 80.7 cm³/mol. The maximum atomic E-state index is 11.6. The van der Waals surface area contributed by atoms with Gasteiger partial charge in [-0.05, 0) is 43.4 Å². The van der Waals surface area contributed by atoms with Crippen LogP contribution in [0.4, 0.5) is 5.69 Å². The lowest BCUT2D eigenvalue weighted by Crippen LogP contribution is -2.34. The van der Waals surface area contributed by atoms with Crippen LogP contribution in [-0.2, 0) is 16.1 Å². The minimum atomic E-state index is 0.0213. The third-order valence-corrected chi connectivity index (χ3v) is 3.79. The molecule has 3 rings (SSSR count). The number of amides is 2. The highest BCUT2D eigenvalue weighted by molar-refractivity contribution is 5.94. The molecule has 0 unspecified atom stereocenters. The molecule has 0 bridgehead atoms. The van der Waals surface area contributed by atoms with Crippen LogP contribution in [0.5, 0.6) is 0 Å². The Morgan fingerprint density at radius 2 is 1.76 bits per heavy atom. The van der Waals surface area contributed by atoms with Crippen LogP contribution < -0.4 is 16.0 Å². The minimum Gasteiger partial charge on any atom is -0.351 e. The lowest BCUT2D eigenvalue weighted by atomic mass is 10.2. The first kappa shape index (κ1) is 14.1. The molecule has 5 heteroatoms. The standard InChI is InChI=1S/C16H21N3O2/c20-15(10-17-13-7-8-13)18-9-11-1-5-14(6-2-11)19-16(21)12-3-4-12/h1-2,5-6,12-13,17H,3-4,7-10H2,(H,18,20)(H,19,21). The molecule has 0 spiro atoms. The van der Waals surface area contributed by atoms with Gasteiger partial charge in [-0.1, -0.05) is 12.1 Å². The Balaban J connectivity index is 1.40. The van der Waals surface area contributed by atoms with Crippen molar-refractivity contribution in [3.63, 3.8) is 0 Å². The summed E-state index contributed by atoms with van der Waals surface area (Å²) in [6.07, 6.45) is 4.37. The van der Waals surface area contributed by atoms with Crippen molar-refractivity contribution in [2.24, 2.45) is 5.92 Å². The quantitative estimate of drug-likeness (QED) is 0.710. The Morgan fingerprint density at radius 1 is 1.05 bits per heavy atom. The average Bonchev–Trinajstić information content (AvgIpc) is 3.38. The molecule has 0 aromatic heterocycles. The Bertz CT molecular complexity index is 519. The van der Waals surface area contributed by atoms with Crippen LogP contribution in [-0.4, -0.2) is 24.4 Å². The van der Waals surface area contributed by atoms with E-state index in [9.17, 15) is 9.59 Å². The molecule has 1 aromatic carbocycles. The van der Waals surface area contributed by atoms with Crippen molar-refractivity contribution in [2.45, 2.75) is 38.3 Å². The van der Waals surface area contributed by atoms with Gasteiger partial charge in [0.25, 0.3) is 0 Å². The predicted octanol–water partition coefficient (Wildman–Crippen LogP) is 1.40. The van der Waals surface area contributed by atoms with Crippen LogP contribution in [0.1, 0.15) is 31.2 Å². The molecule has 2 aliphatic carbocycles. The number of carbonyl (C=O) groups excluding carboxylic acids is 2. The summed E-state index contributed by atoms with van der Waals surface area (Å²) < 4.78 is 0. The Hall–Kier alpha value is -1.88. The number of rotatable bonds is 7. The topological polar surface area (TPSA) is 70.2 Å². The van der Waals surface area contributed by atoms with E-state index in [4.69, 9.17) is 0 Å². The Morgan fingerprint density at radius 3 is 2.38 bits per heavy atom. The highest BCUT2D eigenvalue weighted by Gasteiger charge is 2.29. The van der Waals surface area contributed by atoms with Crippen molar-refractivity contribution in [3.05, 3.63) is 29.8 Å². The van der Waals surface area contributed by atoms with Crippen molar-refractivity contribution < 1.29 is 9.59 Å². The highest BCUT2D eigenvalue weighted by atomic mass is 16.2. The van der Waals surface area contributed by atoms with E-state index < -0.39 is 0 Å². The SMILES string of the molecule is O=C(CNC1CC1)NCc1ccc(NC(=O)C2CC2)cc1. The van der Waals surface area contributed by atoms with Gasteiger partial charge in [-0.15, -0.1) is 0 Å². The van der Waals surface area contributed by atoms with Gasteiger partial charge in [0.05, 0.1) is 6.54 Å². The molecule has 2 amide bonds. The lowest BCUT2D eigenvalue weighted by molar-refractivity contribution is -0.120. The number of nitrogens with one attached hydrogen (secondary N) is 3. The zero-order valence-electron chi connectivity index (χ0n) is 12.0. The Kier molecular flexibility index (Phi) is 4.20. The van der Waals surface area contributed by atoms with Gasteiger partial charge in [0.2, 0.25) is 11.8 Å². The van der Waals surface area contributed by atoms with Crippen LogP contribution in [0.15, 0.2) is 24.3 Å². The van der Waals surface area contributed by atoms with E-state index in [1.165, 1.54) is 12.8 Å². The van der Waals surface area contributed by atoms with Gasteiger partial charge in [-0.3, -0.25) is 9.59 Å².